The molecule has 1 amide bonds. The molecule has 1 aromatic carbocycles. The fourth-order valence-electron chi connectivity index (χ4n) is 5.78. The second kappa shape index (κ2) is 10.7. The van der Waals surface area contributed by atoms with E-state index in [0.717, 1.165) is 70.5 Å². The van der Waals surface area contributed by atoms with Gasteiger partial charge in [-0.2, -0.15) is 0 Å². The molecule has 33 heavy (non-hydrogen) atoms. The molecule has 2 atom stereocenters. The molecule has 0 saturated carbocycles. The summed E-state index contributed by atoms with van der Waals surface area (Å²) in [6.45, 7) is 9.74. The molecule has 6 nitrogen and oxygen atoms in total. The molecule has 2 heterocycles. The Morgan fingerprint density at radius 3 is 2.55 bits per heavy atom. The SMILES string of the molecule is CC1CC(OCCN2CCOCC2)(c2ccc(C(N)=O)c(C3=CCCCC3)c2)CC(C)N1C. The molecule has 1 aromatic rings. The average molecular weight is 456 g/mol. The fourth-order valence-corrected chi connectivity index (χ4v) is 5.78. The number of carbonyl (C=O) groups is 1. The summed E-state index contributed by atoms with van der Waals surface area (Å²) in [6, 6.07) is 7.06. The van der Waals surface area contributed by atoms with Gasteiger partial charge in [0.25, 0.3) is 0 Å². The van der Waals surface area contributed by atoms with Crippen LogP contribution in [0, 0.1) is 0 Å². The Kier molecular flexibility index (Phi) is 7.90. The van der Waals surface area contributed by atoms with Crippen molar-refractivity contribution < 1.29 is 14.3 Å². The van der Waals surface area contributed by atoms with Crippen molar-refractivity contribution in [2.75, 3.05) is 46.5 Å². The van der Waals surface area contributed by atoms with E-state index < -0.39 is 0 Å². The Hall–Kier alpha value is -1.73. The molecule has 0 aromatic heterocycles. The highest BCUT2D eigenvalue weighted by atomic mass is 16.5. The summed E-state index contributed by atoms with van der Waals surface area (Å²) >= 11 is 0. The number of hydrogen-bond acceptors (Lipinski definition) is 5. The van der Waals surface area contributed by atoms with Crippen molar-refractivity contribution in [3.63, 3.8) is 0 Å². The minimum absolute atomic E-state index is 0.351. The second-order valence-electron chi connectivity index (χ2n) is 10.2. The molecular formula is C27H41N3O3. The van der Waals surface area contributed by atoms with Crippen LogP contribution in [0.3, 0.4) is 0 Å². The molecule has 2 saturated heterocycles. The van der Waals surface area contributed by atoms with Gasteiger partial charge in [0.15, 0.2) is 0 Å². The van der Waals surface area contributed by atoms with Gasteiger partial charge in [0, 0.05) is 37.3 Å². The predicted octanol–water partition coefficient (Wildman–Crippen LogP) is 3.79. The van der Waals surface area contributed by atoms with Gasteiger partial charge in [-0.25, -0.2) is 0 Å². The van der Waals surface area contributed by atoms with Crippen molar-refractivity contribution in [2.24, 2.45) is 5.73 Å². The number of piperidine rings is 1. The monoisotopic (exact) mass is 455 g/mol. The Labute approximate surface area is 199 Å². The van der Waals surface area contributed by atoms with Crippen LogP contribution in [0.2, 0.25) is 0 Å². The fraction of sp³-hybridized carbons (Fsp3) is 0.667. The van der Waals surface area contributed by atoms with Crippen LogP contribution in [0.4, 0.5) is 0 Å². The van der Waals surface area contributed by atoms with Crippen molar-refractivity contribution in [2.45, 2.75) is 70.1 Å². The van der Waals surface area contributed by atoms with Crippen LogP contribution in [-0.4, -0.2) is 74.3 Å². The van der Waals surface area contributed by atoms with E-state index in [-0.39, 0.29) is 11.5 Å². The zero-order chi connectivity index (χ0) is 23.4. The summed E-state index contributed by atoms with van der Waals surface area (Å²) in [5.74, 6) is -0.351. The van der Waals surface area contributed by atoms with Gasteiger partial charge in [0.1, 0.15) is 0 Å². The summed E-state index contributed by atoms with van der Waals surface area (Å²) in [5, 5.41) is 0. The molecule has 0 radical (unpaired) electrons. The Bertz CT molecular complexity index is 850. The van der Waals surface area contributed by atoms with Crippen LogP contribution in [0.15, 0.2) is 24.3 Å². The zero-order valence-electron chi connectivity index (χ0n) is 20.6. The van der Waals surface area contributed by atoms with Gasteiger partial charge in [-0.05, 0) is 88.3 Å². The first-order chi connectivity index (χ1) is 15.9. The Balaban J connectivity index is 1.65. The molecule has 3 aliphatic rings. The molecule has 182 valence electrons. The van der Waals surface area contributed by atoms with E-state index in [4.69, 9.17) is 15.2 Å². The minimum Gasteiger partial charge on any atom is -0.379 e. The highest BCUT2D eigenvalue weighted by molar-refractivity contribution is 5.98. The molecule has 2 unspecified atom stereocenters. The maximum absolute atomic E-state index is 12.3. The first-order valence-corrected chi connectivity index (χ1v) is 12.7. The standard InChI is InChI=1S/C27H41N3O3/c1-20-18-27(19-21(2)29(20)3,33-16-13-30-11-14-32-15-12-30)23-9-10-24(26(28)31)25(17-23)22-7-5-4-6-8-22/h7,9-10,17,20-21H,4-6,8,11-16,18-19H2,1-3H3,(H2,28,31). The third-order valence-corrected chi connectivity index (χ3v) is 7.98. The maximum Gasteiger partial charge on any atom is 0.249 e. The highest BCUT2D eigenvalue weighted by Gasteiger charge is 2.43. The number of rotatable bonds is 7. The molecule has 2 aliphatic heterocycles. The topological polar surface area (TPSA) is 68.0 Å². The summed E-state index contributed by atoms with van der Waals surface area (Å²) in [7, 11) is 2.21. The van der Waals surface area contributed by atoms with Crippen LogP contribution in [-0.2, 0) is 15.1 Å². The smallest absolute Gasteiger partial charge is 0.249 e. The van der Waals surface area contributed by atoms with Gasteiger partial charge < -0.3 is 20.1 Å². The van der Waals surface area contributed by atoms with Gasteiger partial charge in [0.2, 0.25) is 5.91 Å². The normalized spacial score (nSPS) is 29.6. The third kappa shape index (κ3) is 5.51. The number of allylic oxidation sites excluding steroid dienone is 2. The lowest BCUT2D eigenvalue weighted by Crippen LogP contribution is -2.52. The van der Waals surface area contributed by atoms with Crippen LogP contribution in [0.1, 0.15) is 73.9 Å². The predicted molar refractivity (Wildman–Crippen MR) is 132 cm³/mol. The van der Waals surface area contributed by atoms with Crippen LogP contribution in [0.25, 0.3) is 5.57 Å². The van der Waals surface area contributed by atoms with Crippen molar-refractivity contribution in [3.05, 3.63) is 41.0 Å². The number of nitrogens with two attached hydrogens (primary N) is 1. The van der Waals surface area contributed by atoms with Crippen molar-refractivity contribution in [3.8, 4) is 0 Å². The second-order valence-corrected chi connectivity index (χ2v) is 10.2. The van der Waals surface area contributed by atoms with E-state index in [0.29, 0.717) is 24.3 Å². The minimum atomic E-state index is -0.363. The number of hydrogen-bond donors (Lipinski definition) is 1. The summed E-state index contributed by atoms with van der Waals surface area (Å²) in [4.78, 5) is 17.1. The van der Waals surface area contributed by atoms with Gasteiger partial charge in [-0.3, -0.25) is 9.69 Å². The zero-order valence-corrected chi connectivity index (χ0v) is 20.6. The van der Waals surface area contributed by atoms with E-state index in [1.165, 1.54) is 17.6 Å². The van der Waals surface area contributed by atoms with Gasteiger partial charge in [-0.15, -0.1) is 0 Å². The van der Waals surface area contributed by atoms with Gasteiger partial charge in [0.05, 0.1) is 25.4 Å². The molecule has 1 aliphatic carbocycles. The quantitative estimate of drug-likeness (QED) is 0.678. The molecule has 0 bridgehead atoms. The molecule has 6 heteroatoms. The summed E-state index contributed by atoms with van der Waals surface area (Å²) < 4.78 is 12.3. The van der Waals surface area contributed by atoms with Gasteiger partial charge in [-0.1, -0.05) is 12.1 Å². The molecular weight excluding hydrogens is 414 g/mol. The molecule has 2 fully saturated rings. The van der Waals surface area contributed by atoms with Crippen LogP contribution < -0.4 is 5.73 Å². The van der Waals surface area contributed by atoms with E-state index >= 15 is 0 Å². The number of carbonyl (C=O) groups excluding carboxylic acids is 1. The first-order valence-electron chi connectivity index (χ1n) is 12.7. The van der Waals surface area contributed by atoms with E-state index in [9.17, 15) is 4.79 Å². The molecule has 2 N–H and O–H groups in total. The number of primary amides is 1. The molecule has 0 spiro atoms. The number of morpholine rings is 1. The average Bonchev–Trinajstić information content (AvgIpc) is 2.83. The number of benzene rings is 1. The number of amides is 1. The van der Waals surface area contributed by atoms with E-state index in [2.05, 4.69) is 48.9 Å². The summed E-state index contributed by atoms with van der Waals surface area (Å²) in [6.07, 6.45) is 8.61. The lowest BCUT2D eigenvalue weighted by atomic mass is 9.76. The number of likely N-dealkylation sites (tertiary alicyclic amines) is 1. The lowest BCUT2D eigenvalue weighted by molar-refractivity contribution is -0.120. The maximum atomic E-state index is 12.3. The lowest BCUT2D eigenvalue weighted by Gasteiger charge is -2.48. The van der Waals surface area contributed by atoms with Crippen molar-refractivity contribution in [1.82, 2.24) is 9.80 Å². The largest absolute Gasteiger partial charge is 0.379 e. The van der Waals surface area contributed by atoms with E-state index in [1.54, 1.807) is 0 Å². The first kappa shape index (κ1) is 24.4. The van der Waals surface area contributed by atoms with Crippen LogP contribution >= 0.6 is 0 Å². The summed E-state index contributed by atoms with van der Waals surface area (Å²) in [5.41, 5.74) is 9.50. The Morgan fingerprint density at radius 2 is 1.91 bits per heavy atom. The van der Waals surface area contributed by atoms with Crippen molar-refractivity contribution >= 4 is 11.5 Å². The van der Waals surface area contributed by atoms with Gasteiger partial charge >= 0.3 is 0 Å². The number of nitrogens with zero attached hydrogens (tertiary/aromatic N) is 2. The third-order valence-electron chi connectivity index (χ3n) is 7.98. The highest BCUT2D eigenvalue weighted by Crippen LogP contribution is 2.43. The number of ether oxygens (including phenoxy) is 2. The van der Waals surface area contributed by atoms with Crippen LogP contribution in [0.5, 0.6) is 0 Å². The molecule has 4 rings (SSSR count). The van der Waals surface area contributed by atoms with Crippen molar-refractivity contribution in [1.29, 1.82) is 0 Å². The van der Waals surface area contributed by atoms with E-state index in [1.807, 2.05) is 6.07 Å². The Morgan fingerprint density at radius 1 is 1.18 bits per heavy atom.